The predicted molar refractivity (Wildman–Crippen MR) is 112 cm³/mol. The maximum atomic E-state index is 13.2. The highest BCUT2D eigenvalue weighted by molar-refractivity contribution is 6.01. The van der Waals surface area contributed by atoms with E-state index in [0.717, 1.165) is 5.69 Å². The first kappa shape index (κ1) is 20.3. The van der Waals surface area contributed by atoms with Crippen molar-refractivity contribution in [1.29, 1.82) is 0 Å². The molecule has 1 amide bonds. The quantitative estimate of drug-likeness (QED) is 0.544. The van der Waals surface area contributed by atoms with Gasteiger partial charge in [0.25, 0.3) is 11.9 Å². The van der Waals surface area contributed by atoms with Gasteiger partial charge in [0.1, 0.15) is 17.5 Å². The fraction of sp³-hybridized carbons (Fsp3) is 0.238. The molecule has 0 fully saturated rings. The number of aromatic nitrogens is 7. The zero-order valence-electron chi connectivity index (χ0n) is 17.5. The van der Waals surface area contributed by atoms with Gasteiger partial charge in [-0.05, 0) is 37.3 Å². The molecule has 1 aromatic carbocycles. The van der Waals surface area contributed by atoms with Crippen LogP contribution < -0.4 is 5.32 Å². The van der Waals surface area contributed by atoms with Crippen LogP contribution in [0.1, 0.15) is 42.9 Å². The van der Waals surface area contributed by atoms with Gasteiger partial charge in [-0.2, -0.15) is 9.78 Å². The number of hydrogen-bond donors (Lipinski definition) is 1. The molecule has 4 aromatic rings. The number of carbonyl (C=O) groups is 1. The molecule has 0 aliphatic heterocycles. The van der Waals surface area contributed by atoms with Crippen molar-refractivity contribution < 1.29 is 9.18 Å². The first-order chi connectivity index (χ1) is 14.7. The van der Waals surface area contributed by atoms with Crippen molar-refractivity contribution >= 4 is 11.7 Å². The Labute approximate surface area is 178 Å². The van der Waals surface area contributed by atoms with E-state index in [1.165, 1.54) is 21.5 Å². The van der Waals surface area contributed by atoms with Gasteiger partial charge in [0.2, 0.25) is 5.82 Å². The van der Waals surface area contributed by atoms with E-state index in [1.54, 1.807) is 43.6 Å². The van der Waals surface area contributed by atoms with E-state index < -0.39 is 5.91 Å². The molecule has 10 heteroatoms. The first-order valence-corrected chi connectivity index (χ1v) is 9.61. The van der Waals surface area contributed by atoms with Gasteiger partial charge in [-0.15, -0.1) is 5.10 Å². The molecule has 0 unspecified atom stereocenters. The van der Waals surface area contributed by atoms with Gasteiger partial charge in [0, 0.05) is 23.9 Å². The molecular weight excluding hydrogens is 399 g/mol. The summed E-state index contributed by atoms with van der Waals surface area (Å²) < 4.78 is 16.2. The Hall–Kier alpha value is -3.95. The molecule has 0 saturated carbocycles. The van der Waals surface area contributed by atoms with Crippen LogP contribution in [-0.2, 0) is 5.41 Å². The molecule has 31 heavy (non-hydrogen) atoms. The summed E-state index contributed by atoms with van der Waals surface area (Å²) in [5, 5.41) is 11.6. The molecule has 9 nitrogen and oxygen atoms in total. The molecule has 4 rings (SSSR count). The number of halogens is 1. The standard InChI is InChI=1S/C21H21FN8O/c1-13-25-18(28-29(13)15-8-6-14(22)7-9-15)19(31)26-17-12-16(21(2,3)4)27-30(17)20-23-10-5-11-24-20/h5-12H,1-4H3,(H,26,31). The first-order valence-electron chi connectivity index (χ1n) is 9.61. The van der Waals surface area contributed by atoms with E-state index in [0.29, 0.717) is 23.3 Å². The Balaban J connectivity index is 1.67. The van der Waals surface area contributed by atoms with E-state index in [4.69, 9.17) is 0 Å². The smallest absolute Gasteiger partial charge is 0.296 e. The van der Waals surface area contributed by atoms with E-state index in [-0.39, 0.29) is 17.1 Å². The van der Waals surface area contributed by atoms with Crippen LogP contribution in [0, 0.1) is 12.7 Å². The predicted octanol–water partition coefficient (Wildman–Crippen LogP) is 3.24. The topological polar surface area (TPSA) is 103 Å². The van der Waals surface area contributed by atoms with Gasteiger partial charge < -0.3 is 5.32 Å². The SMILES string of the molecule is Cc1nc(C(=O)Nc2cc(C(C)(C)C)nn2-c2ncccn2)nn1-c1ccc(F)cc1. The Bertz CT molecular complexity index is 1220. The summed E-state index contributed by atoms with van der Waals surface area (Å²) in [4.78, 5) is 25.6. The van der Waals surface area contributed by atoms with Crippen molar-refractivity contribution in [2.24, 2.45) is 0 Å². The van der Waals surface area contributed by atoms with Crippen LogP contribution in [0.2, 0.25) is 0 Å². The maximum Gasteiger partial charge on any atom is 0.296 e. The Kier molecular flexibility index (Phi) is 5.05. The summed E-state index contributed by atoms with van der Waals surface area (Å²) in [6, 6.07) is 9.25. The second-order valence-corrected chi connectivity index (χ2v) is 7.95. The second-order valence-electron chi connectivity index (χ2n) is 7.95. The fourth-order valence-electron chi connectivity index (χ4n) is 2.88. The Morgan fingerprint density at radius 3 is 2.35 bits per heavy atom. The Morgan fingerprint density at radius 1 is 1.03 bits per heavy atom. The largest absolute Gasteiger partial charge is 0.304 e. The molecule has 0 atom stereocenters. The minimum atomic E-state index is -0.512. The van der Waals surface area contributed by atoms with E-state index in [1.807, 2.05) is 20.8 Å². The number of aryl methyl sites for hydroxylation is 1. The summed E-state index contributed by atoms with van der Waals surface area (Å²) in [5.74, 6) is 0.325. The van der Waals surface area contributed by atoms with Gasteiger partial charge in [-0.25, -0.2) is 24.0 Å². The molecule has 3 aromatic heterocycles. The molecule has 0 saturated heterocycles. The summed E-state index contributed by atoms with van der Waals surface area (Å²) in [6.45, 7) is 7.78. The van der Waals surface area contributed by atoms with Gasteiger partial charge in [-0.1, -0.05) is 20.8 Å². The van der Waals surface area contributed by atoms with Gasteiger partial charge in [-0.3, -0.25) is 4.79 Å². The minimum absolute atomic E-state index is 0.0270. The molecule has 0 radical (unpaired) electrons. The van der Waals surface area contributed by atoms with Gasteiger partial charge in [0.05, 0.1) is 11.4 Å². The molecule has 0 aliphatic carbocycles. The second kappa shape index (κ2) is 7.71. The van der Waals surface area contributed by atoms with Crippen molar-refractivity contribution in [3.8, 4) is 11.6 Å². The van der Waals surface area contributed by atoms with Crippen LogP contribution in [0.15, 0.2) is 48.8 Å². The number of benzene rings is 1. The lowest BCUT2D eigenvalue weighted by molar-refractivity contribution is 0.101. The molecule has 158 valence electrons. The molecule has 3 heterocycles. The molecular formula is C21H21FN8O. The van der Waals surface area contributed by atoms with Crippen LogP contribution in [0.3, 0.4) is 0 Å². The number of rotatable bonds is 4. The number of hydrogen-bond acceptors (Lipinski definition) is 6. The summed E-state index contributed by atoms with van der Waals surface area (Å²) in [5.41, 5.74) is 1.11. The van der Waals surface area contributed by atoms with E-state index in [2.05, 4.69) is 30.5 Å². The zero-order valence-corrected chi connectivity index (χ0v) is 17.5. The van der Waals surface area contributed by atoms with Crippen LogP contribution in [0.25, 0.3) is 11.6 Å². The van der Waals surface area contributed by atoms with Crippen LogP contribution in [0.5, 0.6) is 0 Å². The average Bonchev–Trinajstić information content (AvgIpc) is 3.33. The number of nitrogens with one attached hydrogen (secondary N) is 1. The molecule has 0 bridgehead atoms. The highest BCUT2D eigenvalue weighted by Gasteiger charge is 2.24. The van der Waals surface area contributed by atoms with Gasteiger partial charge >= 0.3 is 0 Å². The summed E-state index contributed by atoms with van der Waals surface area (Å²) >= 11 is 0. The lowest BCUT2D eigenvalue weighted by Crippen LogP contribution is -2.17. The van der Waals surface area contributed by atoms with Crippen molar-refractivity contribution in [1.82, 2.24) is 34.5 Å². The van der Waals surface area contributed by atoms with Crippen LogP contribution in [0.4, 0.5) is 10.2 Å². The third-order valence-corrected chi connectivity index (χ3v) is 4.50. The third kappa shape index (κ3) is 4.18. The maximum absolute atomic E-state index is 13.2. The summed E-state index contributed by atoms with van der Waals surface area (Å²) in [6.07, 6.45) is 3.20. The van der Waals surface area contributed by atoms with E-state index >= 15 is 0 Å². The Morgan fingerprint density at radius 2 is 1.71 bits per heavy atom. The number of carbonyl (C=O) groups excluding carboxylic acids is 1. The minimum Gasteiger partial charge on any atom is -0.304 e. The van der Waals surface area contributed by atoms with E-state index in [9.17, 15) is 9.18 Å². The monoisotopic (exact) mass is 420 g/mol. The van der Waals surface area contributed by atoms with Crippen molar-refractivity contribution in [2.45, 2.75) is 33.1 Å². The van der Waals surface area contributed by atoms with Crippen molar-refractivity contribution in [3.05, 3.63) is 72.0 Å². The average molecular weight is 420 g/mol. The molecule has 0 spiro atoms. The molecule has 1 N–H and O–H groups in total. The molecule has 0 aliphatic rings. The third-order valence-electron chi connectivity index (χ3n) is 4.50. The zero-order chi connectivity index (χ0) is 22.2. The fourth-order valence-corrected chi connectivity index (χ4v) is 2.88. The van der Waals surface area contributed by atoms with Crippen molar-refractivity contribution in [2.75, 3.05) is 5.32 Å². The lowest BCUT2D eigenvalue weighted by atomic mass is 9.92. The number of amides is 1. The van der Waals surface area contributed by atoms with Crippen molar-refractivity contribution in [3.63, 3.8) is 0 Å². The van der Waals surface area contributed by atoms with Crippen LogP contribution in [-0.4, -0.2) is 40.4 Å². The van der Waals surface area contributed by atoms with Gasteiger partial charge in [0.15, 0.2) is 0 Å². The van der Waals surface area contributed by atoms with Crippen LogP contribution >= 0.6 is 0 Å². The summed E-state index contributed by atoms with van der Waals surface area (Å²) in [7, 11) is 0. The normalized spacial score (nSPS) is 11.5. The highest BCUT2D eigenvalue weighted by atomic mass is 19.1. The lowest BCUT2D eigenvalue weighted by Gasteiger charge is -2.13. The number of anilines is 1. The number of nitrogens with zero attached hydrogens (tertiary/aromatic N) is 7. The highest BCUT2D eigenvalue weighted by Crippen LogP contribution is 2.25.